The first-order valence-electron chi connectivity index (χ1n) is 9.84. The van der Waals surface area contributed by atoms with Crippen molar-refractivity contribution in [1.82, 2.24) is 4.98 Å². The number of halogens is 1. The number of aromatic nitrogens is 1. The Labute approximate surface area is 190 Å². The SMILES string of the molecule is Nc1cc(Br)ccc1Nc1ccc(OCc2ccccc2)nc1OCc1ccccc1. The van der Waals surface area contributed by atoms with Crippen molar-refractivity contribution in [3.8, 4) is 11.8 Å². The van der Waals surface area contributed by atoms with E-state index >= 15 is 0 Å². The molecule has 0 saturated carbocycles. The van der Waals surface area contributed by atoms with Crippen molar-refractivity contribution in [2.75, 3.05) is 11.1 Å². The predicted molar refractivity (Wildman–Crippen MR) is 128 cm³/mol. The molecule has 6 heteroatoms. The molecule has 0 spiro atoms. The maximum Gasteiger partial charge on any atom is 0.241 e. The molecule has 3 N–H and O–H groups in total. The van der Waals surface area contributed by atoms with Gasteiger partial charge < -0.3 is 20.5 Å². The first-order chi connectivity index (χ1) is 15.2. The van der Waals surface area contributed by atoms with Gasteiger partial charge in [0.15, 0.2) is 0 Å². The summed E-state index contributed by atoms with van der Waals surface area (Å²) in [6, 6.07) is 29.3. The third kappa shape index (κ3) is 5.77. The fraction of sp³-hybridized carbons (Fsp3) is 0.0800. The molecule has 0 aliphatic carbocycles. The number of benzene rings is 3. The zero-order valence-corrected chi connectivity index (χ0v) is 18.4. The van der Waals surface area contributed by atoms with E-state index in [1.54, 1.807) is 0 Å². The van der Waals surface area contributed by atoms with Crippen molar-refractivity contribution in [3.63, 3.8) is 0 Å². The molecule has 0 aliphatic rings. The number of ether oxygens (including phenoxy) is 2. The molecule has 4 aromatic rings. The van der Waals surface area contributed by atoms with Gasteiger partial charge in [-0.15, -0.1) is 0 Å². The Kier molecular flexibility index (Phi) is 6.69. The van der Waals surface area contributed by atoms with Gasteiger partial charge in [-0.3, -0.25) is 0 Å². The highest BCUT2D eigenvalue weighted by molar-refractivity contribution is 9.10. The Bertz CT molecular complexity index is 1140. The number of hydrogen-bond acceptors (Lipinski definition) is 5. The molecule has 0 unspecified atom stereocenters. The van der Waals surface area contributed by atoms with E-state index in [1.165, 1.54) is 0 Å². The zero-order valence-electron chi connectivity index (χ0n) is 16.8. The smallest absolute Gasteiger partial charge is 0.241 e. The molecule has 31 heavy (non-hydrogen) atoms. The van der Waals surface area contributed by atoms with E-state index in [0.29, 0.717) is 36.3 Å². The summed E-state index contributed by atoms with van der Waals surface area (Å²) in [5, 5.41) is 3.32. The molecule has 3 aromatic carbocycles. The summed E-state index contributed by atoms with van der Waals surface area (Å²) in [5.74, 6) is 0.929. The van der Waals surface area contributed by atoms with E-state index in [9.17, 15) is 0 Å². The van der Waals surface area contributed by atoms with Gasteiger partial charge in [-0.05, 0) is 35.4 Å². The second-order valence-corrected chi connectivity index (χ2v) is 7.82. The number of nitrogens with two attached hydrogens (primary N) is 1. The Morgan fingerprint density at radius 3 is 2.00 bits per heavy atom. The van der Waals surface area contributed by atoms with Crippen LogP contribution in [0.25, 0.3) is 0 Å². The molecule has 0 saturated heterocycles. The van der Waals surface area contributed by atoms with Crippen molar-refractivity contribution in [1.29, 1.82) is 0 Å². The second kappa shape index (κ2) is 10.00. The lowest BCUT2D eigenvalue weighted by molar-refractivity contribution is 0.269. The normalized spacial score (nSPS) is 10.5. The Balaban J connectivity index is 1.56. The number of nitrogen functional groups attached to an aromatic ring is 1. The largest absolute Gasteiger partial charge is 0.473 e. The predicted octanol–water partition coefficient (Wildman–Crippen LogP) is 6.33. The quantitative estimate of drug-likeness (QED) is 0.291. The summed E-state index contributed by atoms with van der Waals surface area (Å²) in [6.45, 7) is 0.818. The molecule has 0 bridgehead atoms. The van der Waals surface area contributed by atoms with Crippen LogP contribution in [0.5, 0.6) is 11.8 Å². The third-order valence-electron chi connectivity index (χ3n) is 4.57. The van der Waals surface area contributed by atoms with Crippen molar-refractivity contribution in [3.05, 3.63) is 107 Å². The van der Waals surface area contributed by atoms with E-state index in [2.05, 4.69) is 26.2 Å². The van der Waals surface area contributed by atoms with Crippen LogP contribution in [0.3, 0.4) is 0 Å². The van der Waals surface area contributed by atoms with Crippen LogP contribution in [0.2, 0.25) is 0 Å². The van der Waals surface area contributed by atoms with Crippen molar-refractivity contribution in [2.45, 2.75) is 13.2 Å². The molecule has 0 aliphatic heterocycles. The minimum Gasteiger partial charge on any atom is -0.473 e. The van der Waals surface area contributed by atoms with Gasteiger partial charge in [0.05, 0.1) is 11.4 Å². The Hall–Kier alpha value is -3.51. The number of nitrogens with one attached hydrogen (secondary N) is 1. The number of hydrogen-bond donors (Lipinski definition) is 2. The van der Waals surface area contributed by atoms with Crippen molar-refractivity contribution >= 4 is 33.0 Å². The summed E-state index contributed by atoms with van der Waals surface area (Å²) in [6.07, 6.45) is 0. The molecule has 0 amide bonds. The molecular formula is C25H22BrN3O2. The van der Waals surface area contributed by atoms with Crippen molar-refractivity contribution in [2.24, 2.45) is 0 Å². The summed E-state index contributed by atoms with van der Waals surface area (Å²) in [7, 11) is 0. The van der Waals surface area contributed by atoms with Crippen LogP contribution in [0.1, 0.15) is 11.1 Å². The molecule has 5 nitrogen and oxygen atoms in total. The molecule has 0 atom stereocenters. The zero-order chi connectivity index (χ0) is 21.5. The van der Waals surface area contributed by atoms with Gasteiger partial charge in [0.2, 0.25) is 11.8 Å². The lowest BCUT2D eigenvalue weighted by atomic mass is 10.2. The highest BCUT2D eigenvalue weighted by atomic mass is 79.9. The van der Waals surface area contributed by atoms with Crippen LogP contribution < -0.4 is 20.5 Å². The van der Waals surface area contributed by atoms with E-state index in [-0.39, 0.29) is 0 Å². The first-order valence-corrected chi connectivity index (χ1v) is 10.6. The maximum absolute atomic E-state index is 6.15. The van der Waals surface area contributed by atoms with Gasteiger partial charge in [-0.25, -0.2) is 0 Å². The maximum atomic E-state index is 6.15. The first kappa shape index (κ1) is 20.8. The number of pyridine rings is 1. The van der Waals surface area contributed by atoms with Crippen LogP contribution in [0.15, 0.2) is 95.5 Å². The number of rotatable bonds is 8. The van der Waals surface area contributed by atoms with Crippen LogP contribution >= 0.6 is 15.9 Å². The highest BCUT2D eigenvalue weighted by Gasteiger charge is 2.11. The summed E-state index contributed by atoms with van der Waals surface area (Å²) >= 11 is 3.43. The van der Waals surface area contributed by atoms with Gasteiger partial charge in [-0.2, -0.15) is 4.98 Å². The average molecular weight is 476 g/mol. The highest BCUT2D eigenvalue weighted by Crippen LogP contribution is 2.32. The fourth-order valence-electron chi connectivity index (χ4n) is 2.96. The topological polar surface area (TPSA) is 69.4 Å². The van der Waals surface area contributed by atoms with Crippen molar-refractivity contribution < 1.29 is 9.47 Å². The molecule has 1 aromatic heterocycles. The van der Waals surface area contributed by atoms with Crippen LogP contribution in [-0.4, -0.2) is 4.98 Å². The average Bonchev–Trinajstić information content (AvgIpc) is 2.80. The lowest BCUT2D eigenvalue weighted by Crippen LogP contribution is -2.04. The summed E-state index contributed by atoms with van der Waals surface area (Å²) in [4.78, 5) is 4.59. The van der Waals surface area contributed by atoms with E-state index in [4.69, 9.17) is 15.2 Å². The molecule has 1 heterocycles. The van der Waals surface area contributed by atoms with Gasteiger partial charge >= 0.3 is 0 Å². The molecule has 4 rings (SSSR count). The molecular weight excluding hydrogens is 454 g/mol. The lowest BCUT2D eigenvalue weighted by Gasteiger charge is -2.15. The van der Waals surface area contributed by atoms with Gasteiger partial charge in [0.1, 0.15) is 18.9 Å². The molecule has 156 valence electrons. The standard InChI is InChI=1S/C25H22BrN3O2/c26-20-11-12-22(21(27)15-20)28-23-13-14-24(30-16-18-7-3-1-4-8-18)29-25(23)31-17-19-9-5-2-6-10-19/h1-15,28H,16-17,27H2. The van der Waals surface area contributed by atoms with Gasteiger partial charge in [0.25, 0.3) is 0 Å². The van der Waals surface area contributed by atoms with Gasteiger partial charge in [-0.1, -0.05) is 76.6 Å². The van der Waals surface area contributed by atoms with Crippen LogP contribution in [0.4, 0.5) is 17.1 Å². The summed E-state index contributed by atoms with van der Waals surface area (Å²) in [5.41, 5.74) is 10.4. The third-order valence-corrected chi connectivity index (χ3v) is 5.06. The minimum atomic E-state index is 0.389. The van der Waals surface area contributed by atoms with Crippen LogP contribution in [-0.2, 0) is 13.2 Å². The summed E-state index contributed by atoms with van der Waals surface area (Å²) < 4.78 is 12.8. The van der Waals surface area contributed by atoms with E-state index < -0.39 is 0 Å². The van der Waals surface area contributed by atoms with Gasteiger partial charge in [0, 0.05) is 10.5 Å². The molecule has 0 fully saturated rings. The fourth-order valence-corrected chi connectivity index (χ4v) is 3.34. The number of anilines is 3. The van der Waals surface area contributed by atoms with Crippen LogP contribution in [0, 0.1) is 0 Å². The minimum absolute atomic E-state index is 0.389. The van der Waals surface area contributed by atoms with E-state index in [0.717, 1.165) is 21.3 Å². The monoisotopic (exact) mass is 475 g/mol. The Morgan fingerprint density at radius 2 is 1.35 bits per heavy atom. The second-order valence-electron chi connectivity index (χ2n) is 6.91. The van der Waals surface area contributed by atoms with E-state index in [1.807, 2.05) is 91.0 Å². The number of nitrogens with zero attached hydrogens (tertiary/aromatic N) is 1. The Morgan fingerprint density at radius 1 is 0.742 bits per heavy atom. The molecule has 0 radical (unpaired) electrons.